The quantitative estimate of drug-likeness (QED) is 0.447. The van der Waals surface area contributed by atoms with Gasteiger partial charge in [-0.25, -0.2) is 18.9 Å². The van der Waals surface area contributed by atoms with Crippen LogP contribution in [0.15, 0.2) is 30.6 Å². The molecule has 2 aliphatic carbocycles. The van der Waals surface area contributed by atoms with Crippen LogP contribution in [0.2, 0.25) is 0 Å². The van der Waals surface area contributed by atoms with Gasteiger partial charge in [-0.3, -0.25) is 14.4 Å². The first-order chi connectivity index (χ1) is 18.3. The van der Waals surface area contributed by atoms with Crippen molar-refractivity contribution < 1.29 is 23.9 Å². The third kappa shape index (κ3) is 4.67. The largest absolute Gasteiger partial charge is 0.481 e. The molecule has 2 fully saturated rings. The molecule has 0 spiro atoms. The summed E-state index contributed by atoms with van der Waals surface area (Å²) in [6, 6.07) is 6.22. The smallest absolute Gasteiger partial charge is 0.306 e. The van der Waals surface area contributed by atoms with Crippen molar-refractivity contribution in [3.05, 3.63) is 59.1 Å². The Morgan fingerprint density at radius 2 is 1.97 bits per heavy atom. The van der Waals surface area contributed by atoms with Gasteiger partial charge in [-0.2, -0.15) is 10.4 Å². The molecule has 3 aromatic heterocycles. The van der Waals surface area contributed by atoms with E-state index < -0.39 is 23.6 Å². The highest BCUT2D eigenvalue weighted by molar-refractivity contribution is 5.98. The molecule has 12 heteroatoms. The summed E-state index contributed by atoms with van der Waals surface area (Å²) in [6.07, 6.45) is 5.18. The van der Waals surface area contributed by atoms with Crippen molar-refractivity contribution >= 4 is 23.4 Å². The predicted octanol–water partition coefficient (Wildman–Crippen LogP) is 2.32. The van der Waals surface area contributed by atoms with Crippen molar-refractivity contribution in [1.29, 1.82) is 5.26 Å². The maximum atomic E-state index is 14.4. The summed E-state index contributed by atoms with van der Waals surface area (Å²) in [7, 11) is 0. The van der Waals surface area contributed by atoms with Gasteiger partial charge in [0, 0.05) is 24.8 Å². The molecule has 3 N–H and O–H groups in total. The van der Waals surface area contributed by atoms with Crippen LogP contribution in [-0.2, 0) is 11.3 Å². The van der Waals surface area contributed by atoms with Gasteiger partial charge < -0.3 is 15.7 Å². The number of nitrogens with one attached hydrogen (secondary N) is 2. The van der Waals surface area contributed by atoms with E-state index in [1.165, 1.54) is 18.3 Å². The van der Waals surface area contributed by atoms with Crippen LogP contribution in [0.4, 0.5) is 4.39 Å². The van der Waals surface area contributed by atoms with E-state index in [9.17, 15) is 23.9 Å². The molecule has 196 valence electrons. The summed E-state index contributed by atoms with van der Waals surface area (Å²) in [5, 5.41) is 28.2. The van der Waals surface area contributed by atoms with Crippen molar-refractivity contribution in [2.45, 2.75) is 45.2 Å². The molecule has 0 saturated heterocycles. The summed E-state index contributed by atoms with van der Waals surface area (Å²) in [5.41, 5.74) is 0.406. The molecular weight excluding hydrogens is 493 g/mol. The first kappa shape index (κ1) is 25.3. The van der Waals surface area contributed by atoms with Gasteiger partial charge in [-0.15, -0.1) is 0 Å². The molecule has 5 rings (SSSR count). The van der Waals surface area contributed by atoms with E-state index in [0.29, 0.717) is 24.8 Å². The van der Waals surface area contributed by atoms with Crippen LogP contribution >= 0.6 is 0 Å². The van der Waals surface area contributed by atoms with Crippen LogP contribution in [-0.4, -0.2) is 48.5 Å². The molecule has 3 unspecified atom stereocenters. The topological polar surface area (TPSA) is 162 Å². The zero-order valence-corrected chi connectivity index (χ0v) is 20.6. The molecule has 38 heavy (non-hydrogen) atoms. The van der Waals surface area contributed by atoms with Crippen molar-refractivity contribution in [1.82, 2.24) is 30.2 Å². The van der Waals surface area contributed by atoms with Gasteiger partial charge in [0.05, 0.1) is 12.1 Å². The number of halogens is 1. The third-order valence-electron chi connectivity index (χ3n) is 7.92. The van der Waals surface area contributed by atoms with Crippen LogP contribution in [0.1, 0.15) is 64.8 Å². The molecule has 0 radical (unpaired) electrons. The Labute approximate surface area is 217 Å². The third-order valence-corrected chi connectivity index (χ3v) is 7.92. The lowest BCUT2D eigenvalue weighted by Crippen LogP contribution is -2.44. The lowest BCUT2D eigenvalue weighted by atomic mass is 9.68. The lowest BCUT2D eigenvalue weighted by molar-refractivity contribution is -0.146. The average molecular weight is 520 g/mol. The molecule has 0 aromatic carbocycles. The fourth-order valence-corrected chi connectivity index (χ4v) is 6.00. The lowest BCUT2D eigenvalue weighted by Gasteiger charge is -2.38. The van der Waals surface area contributed by atoms with Crippen molar-refractivity contribution in [3.63, 3.8) is 0 Å². The fraction of sp³-hybridized carbons (Fsp3) is 0.423. The molecule has 2 saturated carbocycles. The highest BCUT2D eigenvalue weighted by Gasteiger charge is 2.46. The second kappa shape index (κ2) is 10.2. The standard InChI is InChI=1S/C26H26FN7O4/c1-13-16-4-5-20(18(16)3-2-17(13)26(37)38)33-25(36)22-9-21(32-23-19(27)12-31-34(22)23)24(35)30-11-14-6-7-29-15(8-14)10-28/h6-9,12-13,16-18,20H,2-5,11H2,1H3,(H,30,35)(H,33,36)(H,37,38)/t13?,16?,17?,18-,20+/m1/s1. The van der Waals surface area contributed by atoms with E-state index in [0.717, 1.165) is 17.1 Å². The maximum absolute atomic E-state index is 14.4. The Morgan fingerprint density at radius 3 is 2.74 bits per heavy atom. The fourth-order valence-electron chi connectivity index (χ4n) is 6.00. The molecule has 3 heterocycles. The summed E-state index contributed by atoms with van der Waals surface area (Å²) >= 11 is 0. The van der Waals surface area contributed by atoms with Gasteiger partial charge in [0.2, 0.25) is 0 Å². The van der Waals surface area contributed by atoms with Crippen molar-refractivity contribution in [2.24, 2.45) is 23.7 Å². The zero-order chi connectivity index (χ0) is 27.0. The first-order valence-electron chi connectivity index (χ1n) is 12.5. The maximum Gasteiger partial charge on any atom is 0.306 e. The van der Waals surface area contributed by atoms with E-state index in [-0.39, 0.29) is 59.0 Å². The highest BCUT2D eigenvalue weighted by atomic mass is 19.1. The van der Waals surface area contributed by atoms with E-state index in [1.807, 2.05) is 13.0 Å². The van der Waals surface area contributed by atoms with Crippen LogP contribution in [0.25, 0.3) is 5.65 Å². The Morgan fingerprint density at radius 1 is 1.18 bits per heavy atom. The molecule has 2 aliphatic rings. The Kier molecular flexibility index (Phi) is 6.75. The number of aliphatic carboxylic acids is 1. The van der Waals surface area contributed by atoms with Gasteiger partial charge in [-0.1, -0.05) is 6.92 Å². The number of carbonyl (C=O) groups is 3. The molecule has 3 aromatic rings. The molecule has 0 aliphatic heterocycles. The minimum atomic E-state index is -0.775. The van der Waals surface area contributed by atoms with Gasteiger partial charge in [0.15, 0.2) is 11.5 Å². The van der Waals surface area contributed by atoms with E-state index in [4.69, 9.17) is 5.26 Å². The van der Waals surface area contributed by atoms with Crippen molar-refractivity contribution in [3.8, 4) is 6.07 Å². The number of carboxylic acid groups (broad SMARTS) is 1. The second-order valence-electron chi connectivity index (χ2n) is 9.96. The summed E-state index contributed by atoms with van der Waals surface area (Å²) < 4.78 is 15.5. The first-order valence-corrected chi connectivity index (χ1v) is 12.5. The van der Waals surface area contributed by atoms with Gasteiger partial charge in [0.25, 0.3) is 11.8 Å². The molecule has 0 bridgehead atoms. The number of rotatable bonds is 6. The highest BCUT2D eigenvalue weighted by Crippen LogP contribution is 2.48. The minimum absolute atomic E-state index is 0.0147. The number of nitriles is 1. The Bertz CT molecular complexity index is 1470. The summed E-state index contributed by atoms with van der Waals surface area (Å²) in [5.74, 6) is -2.70. The van der Waals surface area contributed by atoms with E-state index in [1.54, 1.807) is 6.07 Å². The van der Waals surface area contributed by atoms with E-state index in [2.05, 4.69) is 25.7 Å². The van der Waals surface area contributed by atoms with E-state index >= 15 is 0 Å². The summed E-state index contributed by atoms with van der Waals surface area (Å²) in [6.45, 7) is 2.05. The molecular formula is C26H26FN7O4. The monoisotopic (exact) mass is 519 g/mol. The van der Waals surface area contributed by atoms with Crippen LogP contribution < -0.4 is 10.6 Å². The molecule has 11 nitrogen and oxygen atoms in total. The van der Waals surface area contributed by atoms with Crippen LogP contribution in [0.5, 0.6) is 0 Å². The number of hydrogen-bond donors (Lipinski definition) is 3. The summed E-state index contributed by atoms with van der Waals surface area (Å²) in [4.78, 5) is 45.8. The van der Waals surface area contributed by atoms with Gasteiger partial charge in [0.1, 0.15) is 23.2 Å². The second-order valence-corrected chi connectivity index (χ2v) is 9.96. The average Bonchev–Trinajstić information content (AvgIpc) is 3.50. The Balaban J connectivity index is 1.35. The van der Waals surface area contributed by atoms with Crippen LogP contribution in [0, 0.1) is 40.8 Å². The number of amides is 2. The van der Waals surface area contributed by atoms with Gasteiger partial charge in [-0.05, 0) is 61.1 Å². The number of aromatic nitrogens is 4. The van der Waals surface area contributed by atoms with Crippen molar-refractivity contribution in [2.75, 3.05) is 0 Å². The number of nitrogens with zero attached hydrogens (tertiary/aromatic N) is 5. The number of fused-ring (bicyclic) bond motifs is 2. The predicted molar refractivity (Wildman–Crippen MR) is 130 cm³/mol. The number of hydrogen-bond acceptors (Lipinski definition) is 7. The number of carboxylic acids is 1. The SMILES string of the molecule is CC1C(C(=O)O)CC[C@@H]2C1CC[C@@H]2NC(=O)c1cc(C(=O)NCc2ccnc(C#N)c2)nc2c(F)cnn12. The Hall–Kier alpha value is -4.40. The molecule has 5 atom stereocenters. The minimum Gasteiger partial charge on any atom is -0.481 e. The zero-order valence-electron chi connectivity index (χ0n) is 20.6. The molecule has 2 amide bonds. The number of carbonyl (C=O) groups excluding carboxylic acids is 2. The number of pyridine rings is 1. The van der Waals surface area contributed by atoms with Gasteiger partial charge >= 0.3 is 5.97 Å². The van der Waals surface area contributed by atoms with Crippen LogP contribution in [0.3, 0.4) is 0 Å². The normalized spacial score (nSPS) is 24.4.